The number of methoxy groups -OCH3 is 1. The lowest BCUT2D eigenvalue weighted by Gasteiger charge is -2.46. The van der Waals surface area contributed by atoms with Crippen molar-refractivity contribution in [3.05, 3.63) is 0 Å². The maximum Gasteiger partial charge on any atom is 0.0595 e. The first-order valence-corrected chi connectivity index (χ1v) is 6.24. The fraction of sp³-hybridized carbons (Fsp3) is 1.00. The number of fused-ring (bicyclic) bond motifs is 1. The third kappa shape index (κ3) is 3.10. The van der Waals surface area contributed by atoms with E-state index in [0.717, 1.165) is 26.1 Å². The second-order valence-corrected chi connectivity index (χ2v) is 4.90. The lowest BCUT2D eigenvalue weighted by molar-refractivity contribution is -0.0422. The van der Waals surface area contributed by atoms with Gasteiger partial charge in [-0.3, -0.25) is 4.90 Å². The van der Waals surface area contributed by atoms with E-state index in [-0.39, 0.29) is 18.5 Å². The molecule has 0 radical (unpaired) electrons. The van der Waals surface area contributed by atoms with E-state index in [2.05, 4.69) is 4.90 Å². The molecule has 1 N–H and O–H groups in total. The van der Waals surface area contributed by atoms with Gasteiger partial charge in [0.05, 0.1) is 12.7 Å². The summed E-state index contributed by atoms with van der Waals surface area (Å²) in [4.78, 5) is 2.53. The van der Waals surface area contributed by atoms with Crippen LogP contribution in [0.3, 0.4) is 0 Å². The number of aliphatic hydroxyl groups is 1. The van der Waals surface area contributed by atoms with Gasteiger partial charge in [-0.2, -0.15) is 0 Å². The third-order valence-electron chi connectivity index (χ3n) is 4.04. The van der Waals surface area contributed by atoms with E-state index in [1.54, 1.807) is 7.11 Å². The van der Waals surface area contributed by atoms with Gasteiger partial charge in [-0.15, -0.1) is 12.4 Å². The lowest BCUT2D eigenvalue weighted by Crippen LogP contribution is -2.53. The summed E-state index contributed by atoms with van der Waals surface area (Å²) in [7, 11) is 1.76. The van der Waals surface area contributed by atoms with Crippen molar-refractivity contribution in [3.63, 3.8) is 0 Å². The fourth-order valence-electron chi connectivity index (χ4n) is 3.21. The minimum Gasteiger partial charge on any atom is -0.393 e. The zero-order valence-corrected chi connectivity index (χ0v) is 10.9. The highest BCUT2D eigenvalue weighted by atomic mass is 35.5. The molecule has 96 valence electrons. The van der Waals surface area contributed by atoms with Gasteiger partial charge in [-0.1, -0.05) is 12.8 Å². The van der Waals surface area contributed by atoms with Crippen molar-refractivity contribution in [1.29, 1.82) is 0 Å². The monoisotopic (exact) mass is 249 g/mol. The van der Waals surface area contributed by atoms with Crippen molar-refractivity contribution in [2.45, 2.75) is 44.2 Å². The summed E-state index contributed by atoms with van der Waals surface area (Å²) in [6.45, 7) is 2.90. The Labute approximate surface area is 105 Å². The Balaban J connectivity index is 0.00000128. The predicted molar refractivity (Wildman–Crippen MR) is 67.1 cm³/mol. The summed E-state index contributed by atoms with van der Waals surface area (Å²) >= 11 is 0. The van der Waals surface area contributed by atoms with Gasteiger partial charge in [0.2, 0.25) is 0 Å². The molecular formula is C12H24ClNO2. The molecule has 1 aliphatic carbocycles. The molecule has 3 atom stereocenters. The fourth-order valence-corrected chi connectivity index (χ4v) is 3.21. The predicted octanol–water partition coefficient (Wildman–Crippen LogP) is 1.68. The molecule has 0 spiro atoms. The lowest BCUT2D eigenvalue weighted by atomic mass is 9.76. The number of rotatable bonds is 3. The minimum atomic E-state index is -0.0471. The van der Waals surface area contributed by atoms with Crippen molar-refractivity contribution < 1.29 is 9.84 Å². The van der Waals surface area contributed by atoms with Crippen LogP contribution >= 0.6 is 12.4 Å². The SMILES string of the molecule is COCCN1CCC(O)C2CCCCC21.Cl. The average Bonchev–Trinajstić information content (AvgIpc) is 2.29. The Morgan fingerprint density at radius 2 is 2.00 bits per heavy atom. The quantitative estimate of drug-likeness (QED) is 0.826. The van der Waals surface area contributed by atoms with E-state index >= 15 is 0 Å². The van der Waals surface area contributed by atoms with Crippen molar-refractivity contribution >= 4 is 12.4 Å². The number of hydrogen-bond donors (Lipinski definition) is 1. The molecule has 3 nitrogen and oxygen atoms in total. The van der Waals surface area contributed by atoms with Gasteiger partial charge in [0, 0.05) is 32.2 Å². The zero-order valence-electron chi connectivity index (χ0n) is 10.1. The van der Waals surface area contributed by atoms with Crippen LogP contribution in [0.1, 0.15) is 32.1 Å². The van der Waals surface area contributed by atoms with E-state index in [0.29, 0.717) is 12.0 Å². The number of hydrogen-bond acceptors (Lipinski definition) is 3. The molecule has 0 amide bonds. The molecule has 4 heteroatoms. The molecule has 1 heterocycles. The van der Waals surface area contributed by atoms with Gasteiger partial charge < -0.3 is 9.84 Å². The van der Waals surface area contributed by atoms with Gasteiger partial charge >= 0.3 is 0 Å². The van der Waals surface area contributed by atoms with Crippen molar-refractivity contribution in [2.24, 2.45) is 5.92 Å². The Bertz CT molecular complexity index is 201. The highest BCUT2D eigenvalue weighted by Gasteiger charge is 2.37. The summed E-state index contributed by atoms with van der Waals surface area (Å²) in [6.07, 6.45) is 6.02. The first kappa shape index (κ1) is 14.2. The number of piperidine rings is 1. The number of nitrogens with zero attached hydrogens (tertiary/aromatic N) is 1. The highest BCUT2D eigenvalue weighted by molar-refractivity contribution is 5.85. The summed E-state index contributed by atoms with van der Waals surface area (Å²) < 4.78 is 5.15. The summed E-state index contributed by atoms with van der Waals surface area (Å²) in [5, 5.41) is 9.99. The second kappa shape index (κ2) is 6.80. The van der Waals surface area contributed by atoms with Gasteiger partial charge in [0.25, 0.3) is 0 Å². The van der Waals surface area contributed by atoms with Gasteiger partial charge in [-0.25, -0.2) is 0 Å². The molecule has 2 rings (SSSR count). The topological polar surface area (TPSA) is 32.7 Å². The molecule has 2 fully saturated rings. The molecule has 0 aromatic carbocycles. The Morgan fingerprint density at radius 1 is 1.25 bits per heavy atom. The highest BCUT2D eigenvalue weighted by Crippen LogP contribution is 2.35. The van der Waals surface area contributed by atoms with Crippen molar-refractivity contribution in [1.82, 2.24) is 4.90 Å². The van der Waals surface area contributed by atoms with Crippen LogP contribution in [0, 0.1) is 5.92 Å². The third-order valence-corrected chi connectivity index (χ3v) is 4.04. The number of halogens is 1. The van der Waals surface area contributed by atoms with Crippen LogP contribution < -0.4 is 0 Å². The maximum absolute atomic E-state index is 9.99. The van der Waals surface area contributed by atoms with Crippen molar-refractivity contribution in [3.8, 4) is 0 Å². The summed E-state index contributed by atoms with van der Waals surface area (Å²) in [5.74, 6) is 0.532. The van der Waals surface area contributed by atoms with E-state index in [1.165, 1.54) is 25.7 Å². The molecule has 2 aliphatic rings. The number of aliphatic hydroxyl groups excluding tert-OH is 1. The van der Waals surface area contributed by atoms with Gasteiger partial charge in [0.15, 0.2) is 0 Å². The summed E-state index contributed by atoms with van der Waals surface area (Å²) in [5.41, 5.74) is 0. The van der Waals surface area contributed by atoms with Gasteiger partial charge in [0.1, 0.15) is 0 Å². The molecule has 0 aromatic rings. The minimum absolute atomic E-state index is 0. The van der Waals surface area contributed by atoms with Gasteiger partial charge in [-0.05, 0) is 19.3 Å². The summed E-state index contributed by atoms with van der Waals surface area (Å²) in [6, 6.07) is 0.623. The van der Waals surface area contributed by atoms with Crippen molar-refractivity contribution in [2.75, 3.05) is 26.8 Å². The molecule has 16 heavy (non-hydrogen) atoms. The van der Waals surface area contributed by atoms with E-state index in [1.807, 2.05) is 0 Å². The first-order chi connectivity index (χ1) is 7.33. The van der Waals surface area contributed by atoms with Crippen LogP contribution in [0.4, 0.5) is 0 Å². The normalized spacial score (nSPS) is 35.2. The first-order valence-electron chi connectivity index (χ1n) is 6.24. The second-order valence-electron chi connectivity index (χ2n) is 4.90. The number of ether oxygens (including phenoxy) is 1. The Morgan fingerprint density at radius 3 is 2.75 bits per heavy atom. The standard InChI is InChI=1S/C12H23NO2.ClH/c1-15-9-8-13-7-6-12(14)10-4-2-3-5-11(10)13;/h10-12,14H,2-9H2,1H3;1H. The van der Waals surface area contributed by atoms with Crippen LogP contribution in [0.2, 0.25) is 0 Å². The van der Waals surface area contributed by atoms with E-state index < -0.39 is 0 Å². The average molecular weight is 250 g/mol. The van der Waals surface area contributed by atoms with Crippen LogP contribution in [0.15, 0.2) is 0 Å². The smallest absolute Gasteiger partial charge is 0.0595 e. The molecular weight excluding hydrogens is 226 g/mol. The van der Waals surface area contributed by atoms with Crippen LogP contribution in [0.25, 0.3) is 0 Å². The van der Waals surface area contributed by atoms with Crippen LogP contribution in [0.5, 0.6) is 0 Å². The Kier molecular flexibility index (Phi) is 6.05. The largest absolute Gasteiger partial charge is 0.393 e. The zero-order chi connectivity index (χ0) is 10.7. The maximum atomic E-state index is 9.99. The van der Waals surface area contributed by atoms with E-state index in [4.69, 9.17) is 4.74 Å². The Hall–Kier alpha value is 0.170. The molecule has 1 aliphatic heterocycles. The molecule has 1 saturated carbocycles. The van der Waals surface area contributed by atoms with Crippen LogP contribution in [-0.4, -0.2) is 49.0 Å². The molecule has 3 unspecified atom stereocenters. The van der Waals surface area contributed by atoms with Crippen LogP contribution in [-0.2, 0) is 4.74 Å². The number of likely N-dealkylation sites (tertiary alicyclic amines) is 1. The van der Waals surface area contributed by atoms with E-state index in [9.17, 15) is 5.11 Å². The molecule has 0 aromatic heterocycles. The molecule has 0 bridgehead atoms. The molecule has 1 saturated heterocycles.